The Hall–Kier alpha value is -2.69. The van der Waals surface area contributed by atoms with Crippen molar-refractivity contribution in [2.24, 2.45) is 0 Å². The molecule has 1 N–H and O–H groups in total. The highest BCUT2D eigenvalue weighted by molar-refractivity contribution is 7.92. The van der Waals surface area contributed by atoms with Crippen LogP contribution in [0.25, 0.3) is 0 Å². The Labute approximate surface area is 227 Å². The summed E-state index contributed by atoms with van der Waals surface area (Å²) in [6.45, 7) is 4.94. The number of ether oxygens (including phenoxy) is 2. The van der Waals surface area contributed by atoms with Gasteiger partial charge in [-0.25, -0.2) is 8.42 Å². The van der Waals surface area contributed by atoms with Gasteiger partial charge < -0.3 is 19.7 Å². The van der Waals surface area contributed by atoms with Gasteiger partial charge in [-0.3, -0.25) is 13.9 Å². The summed E-state index contributed by atoms with van der Waals surface area (Å²) in [7, 11) is -3.88. The molecule has 1 heterocycles. The molecule has 3 rings (SSSR count). The SMILES string of the molecule is CCCCNC(=O)[C@@H](C)N(Cc1c(Cl)cccc1Cl)C(=O)CN(c1ccc2c(c1)OCO2)S(=O)(=O)CC. The number of carbonyl (C=O) groups excluding carboxylic acids is 2. The Morgan fingerprint density at radius 3 is 2.41 bits per heavy atom. The van der Waals surface area contributed by atoms with Gasteiger partial charge in [0.15, 0.2) is 11.5 Å². The van der Waals surface area contributed by atoms with E-state index in [-0.39, 0.29) is 30.7 Å². The number of hydrogen-bond donors (Lipinski definition) is 1. The number of rotatable bonds is 12. The zero-order valence-corrected chi connectivity index (χ0v) is 23.3. The fourth-order valence-corrected chi connectivity index (χ4v) is 5.30. The lowest BCUT2D eigenvalue weighted by molar-refractivity contribution is -0.139. The van der Waals surface area contributed by atoms with Crippen molar-refractivity contribution in [3.8, 4) is 11.5 Å². The van der Waals surface area contributed by atoms with E-state index in [1.165, 1.54) is 17.9 Å². The van der Waals surface area contributed by atoms with Crippen LogP contribution in [-0.4, -0.2) is 56.8 Å². The second-order valence-corrected chi connectivity index (χ2v) is 11.5. The van der Waals surface area contributed by atoms with E-state index in [1.54, 1.807) is 37.3 Å². The van der Waals surface area contributed by atoms with Gasteiger partial charge in [0.05, 0.1) is 11.4 Å². The molecule has 0 saturated carbocycles. The first-order valence-electron chi connectivity index (χ1n) is 12.0. The van der Waals surface area contributed by atoms with Crippen molar-refractivity contribution in [3.05, 3.63) is 52.0 Å². The molecule has 0 spiro atoms. The highest BCUT2D eigenvalue weighted by Crippen LogP contribution is 2.36. The molecule has 0 aliphatic carbocycles. The van der Waals surface area contributed by atoms with Crippen LogP contribution in [0.4, 0.5) is 5.69 Å². The summed E-state index contributed by atoms with van der Waals surface area (Å²) in [6.07, 6.45) is 1.68. The first-order valence-corrected chi connectivity index (χ1v) is 14.4. The van der Waals surface area contributed by atoms with Crippen molar-refractivity contribution in [2.75, 3.05) is 29.9 Å². The van der Waals surface area contributed by atoms with E-state index in [9.17, 15) is 18.0 Å². The average molecular weight is 573 g/mol. The summed E-state index contributed by atoms with van der Waals surface area (Å²) < 4.78 is 37.8. The van der Waals surface area contributed by atoms with Gasteiger partial charge in [0.1, 0.15) is 12.6 Å². The van der Waals surface area contributed by atoms with E-state index >= 15 is 0 Å². The number of amides is 2. The number of anilines is 1. The van der Waals surface area contributed by atoms with E-state index < -0.39 is 28.5 Å². The van der Waals surface area contributed by atoms with Crippen LogP contribution in [0.1, 0.15) is 39.2 Å². The molecule has 0 radical (unpaired) electrons. The molecule has 1 aliphatic rings. The van der Waals surface area contributed by atoms with Gasteiger partial charge in [0.2, 0.25) is 28.6 Å². The molecule has 0 aromatic heterocycles. The van der Waals surface area contributed by atoms with Crippen molar-refractivity contribution < 1.29 is 27.5 Å². The maximum absolute atomic E-state index is 13.7. The minimum Gasteiger partial charge on any atom is -0.454 e. The van der Waals surface area contributed by atoms with Crippen LogP contribution in [0.5, 0.6) is 11.5 Å². The third-order valence-electron chi connectivity index (χ3n) is 6.01. The summed E-state index contributed by atoms with van der Waals surface area (Å²) in [4.78, 5) is 27.9. The van der Waals surface area contributed by atoms with E-state index in [2.05, 4.69) is 5.32 Å². The number of carbonyl (C=O) groups is 2. The molecule has 0 fully saturated rings. The fraction of sp³-hybridized carbons (Fsp3) is 0.440. The highest BCUT2D eigenvalue weighted by Gasteiger charge is 2.32. The Morgan fingerprint density at radius 1 is 1.08 bits per heavy atom. The van der Waals surface area contributed by atoms with E-state index in [4.69, 9.17) is 32.7 Å². The maximum Gasteiger partial charge on any atom is 0.244 e. The fourth-order valence-electron chi connectivity index (χ4n) is 3.73. The van der Waals surface area contributed by atoms with E-state index in [1.807, 2.05) is 6.92 Å². The Kier molecular flexibility index (Phi) is 9.92. The van der Waals surface area contributed by atoms with Crippen LogP contribution >= 0.6 is 23.2 Å². The van der Waals surface area contributed by atoms with Gasteiger partial charge in [-0.1, -0.05) is 42.6 Å². The van der Waals surface area contributed by atoms with Gasteiger partial charge in [-0.2, -0.15) is 0 Å². The number of benzene rings is 2. The van der Waals surface area contributed by atoms with Crippen molar-refractivity contribution in [3.63, 3.8) is 0 Å². The van der Waals surface area contributed by atoms with Crippen molar-refractivity contribution in [2.45, 2.75) is 46.2 Å². The zero-order valence-electron chi connectivity index (χ0n) is 21.0. The summed E-state index contributed by atoms with van der Waals surface area (Å²) in [5, 5.41) is 3.49. The van der Waals surface area contributed by atoms with Crippen LogP contribution in [0.15, 0.2) is 36.4 Å². The number of sulfonamides is 1. The molecule has 1 aliphatic heterocycles. The highest BCUT2D eigenvalue weighted by atomic mass is 35.5. The van der Waals surface area contributed by atoms with Crippen LogP contribution in [0, 0.1) is 0 Å². The van der Waals surface area contributed by atoms with Gasteiger partial charge in [-0.05, 0) is 44.5 Å². The summed E-state index contributed by atoms with van der Waals surface area (Å²) >= 11 is 12.7. The minimum absolute atomic E-state index is 0.0231. The Morgan fingerprint density at radius 2 is 1.76 bits per heavy atom. The normalized spacial score (nSPS) is 13.2. The molecular formula is C25H31Cl2N3O6S. The third kappa shape index (κ3) is 7.00. The lowest BCUT2D eigenvalue weighted by atomic mass is 10.1. The molecule has 12 heteroatoms. The largest absolute Gasteiger partial charge is 0.454 e. The quantitative estimate of drug-likeness (QED) is 0.382. The van der Waals surface area contributed by atoms with Crippen LogP contribution in [0.3, 0.4) is 0 Å². The Balaban J connectivity index is 1.95. The predicted molar refractivity (Wildman–Crippen MR) is 144 cm³/mol. The van der Waals surface area contributed by atoms with Gasteiger partial charge >= 0.3 is 0 Å². The predicted octanol–water partition coefficient (Wildman–Crippen LogP) is 4.21. The number of unbranched alkanes of at least 4 members (excludes halogenated alkanes) is 1. The van der Waals surface area contributed by atoms with Gasteiger partial charge in [0, 0.05) is 34.8 Å². The third-order valence-corrected chi connectivity index (χ3v) is 8.46. The minimum atomic E-state index is -3.88. The van der Waals surface area contributed by atoms with Crippen molar-refractivity contribution in [1.82, 2.24) is 10.2 Å². The van der Waals surface area contributed by atoms with Crippen LogP contribution < -0.4 is 19.1 Å². The number of halogens is 2. The molecule has 2 aromatic rings. The van der Waals surface area contributed by atoms with Gasteiger partial charge in [-0.15, -0.1) is 0 Å². The summed E-state index contributed by atoms with van der Waals surface area (Å²) in [6, 6.07) is 8.68. The van der Waals surface area contributed by atoms with E-state index in [0.29, 0.717) is 33.7 Å². The monoisotopic (exact) mass is 571 g/mol. The molecule has 202 valence electrons. The summed E-state index contributed by atoms with van der Waals surface area (Å²) in [5.74, 6) is -0.333. The first kappa shape index (κ1) is 28.9. The molecular weight excluding hydrogens is 541 g/mol. The average Bonchev–Trinajstić information content (AvgIpc) is 3.34. The first-order chi connectivity index (χ1) is 17.6. The lowest BCUT2D eigenvalue weighted by Crippen LogP contribution is -2.51. The number of hydrogen-bond acceptors (Lipinski definition) is 6. The zero-order chi connectivity index (χ0) is 27.2. The molecule has 2 aromatic carbocycles. The van der Waals surface area contributed by atoms with Crippen molar-refractivity contribution >= 4 is 50.7 Å². The molecule has 1 atom stereocenters. The van der Waals surface area contributed by atoms with Crippen LogP contribution in [0.2, 0.25) is 10.0 Å². The second kappa shape index (κ2) is 12.7. The molecule has 0 bridgehead atoms. The molecule has 9 nitrogen and oxygen atoms in total. The number of nitrogens with zero attached hydrogens (tertiary/aromatic N) is 2. The molecule has 2 amide bonds. The number of fused-ring (bicyclic) bond motifs is 1. The molecule has 37 heavy (non-hydrogen) atoms. The smallest absolute Gasteiger partial charge is 0.244 e. The van der Waals surface area contributed by atoms with Crippen LogP contribution in [-0.2, 0) is 26.2 Å². The maximum atomic E-state index is 13.7. The topological polar surface area (TPSA) is 105 Å². The van der Waals surface area contributed by atoms with E-state index in [0.717, 1.165) is 17.1 Å². The summed E-state index contributed by atoms with van der Waals surface area (Å²) in [5.41, 5.74) is 0.704. The van der Waals surface area contributed by atoms with Gasteiger partial charge in [0.25, 0.3) is 0 Å². The lowest BCUT2D eigenvalue weighted by Gasteiger charge is -2.32. The number of nitrogens with one attached hydrogen (secondary N) is 1. The molecule has 0 unspecified atom stereocenters. The standard InChI is InChI=1S/C25H31Cl2N3O6S/c1-4-6-12-28-25(32)17(3)29(14-19-20(26)8-7-9-21(19)27)24(31)15-30(37(33,34)5-2)18-10-11-22-23(13-18)36-16-35-22/h7-11,13,17H,4-6,12,14-16H2,1-3H3,(H,28,32)/t17-/m1/s1. The Bertz CT molecular complexity index is 1220. The second-order valence-electron chi connectivity index (χ2n) is 8.49. The molecule has 0 saturated heterocycles. The van der Waals surface area contributed by atoms with Crippen molar-refractivity contribution in [1.29, 1.82) is 0 Å².